The Kier molecular flexibility index (Phi) is 3.76. The number of carbonyl (C=O) groups is 1. The lowest BCUT2D eigenvalue weighted by Crippen LogP contribution is -2.56. The van der Waals surface area contributed by atoms with Crippen LogP contribution >= 0.6 is 0 Å². The number of hydrogen-bond acceptors (Lipinski definition) is 3. The Labute approximate surface area is 119 Å². The van der Waals surface area contributed by atoms with E-state index in [1.807, 2.05) is 18.2 Å². The van der Waals surface area contributed by atoms with Crippen LogP contribution in [0.25, 0.3) is 0 Å². The maximum absolute atomic E-state index is 12.2. The molecule has 4 nitrogen and oxygen atoms in total. The lowest BCUT2D eigenvalue weighted by Gasteiger charge is -2.38. The molecule has 1 heterocycles. The van der Waals surface area contributed by atoms with Crippen LogP contribution in [0, 0.1) is 0 Å². The first kappa shape index (κ1) is 13.6. The molecule has 0 bridgehead atoms. The predicted molar refractivity (Wildman–Crippen MR) is 77.2 cm³/mol. The lowest BCUT2D eigenvalue weighted by molar-refractivity contribution is -0.125. The fourth-order valence-electron chi connectivity index (χ4n) is 3.45. The van der Waals surface area contributed by atoms with Crippen molar-refractivity contribution in [2.75, 3.05) is 13.2 Å². The minimum Gasteiger partial charge on any atom is -0.377 e. The lowest BCUT2D eigenvalue weighted by atomic mass is 9.76. The van der Waals surface area contributed by atoms with E-state index in [1.165, 1.54) is 5.56 Å². The zero-order chi connectivity index (χ0) is 14.0. The van der Waals surface area contributed by atoms with Gasteiger partial charge in [0.15, 0.2) is 0 Å². The summed E-state index contributed by atoms with van der Waals surface area (Å²) in [5.41, 5.74) is 7.32. The third-order valence-electron chi connectivity index (χ3n) is 4.55. The minimum atomic E-state index is -0.721. The van der Waals surface area contributed by atoms with Gasteiger partial charge in [-0.2, -0.15) is 0 Å². The second kappa shape index (κ2) is 5.54. The van der Waals surface area contributed by atoms with Crippen molar-refractivity contribution in [1.82, 2.24) is 5.32 Å². The number of fused-ring (bicyclic) bond motifs is 1. The van der Waals surface area contributed by atoms with Gasteiger partial charge in [0, 0.05) is 13.2 Å². The molecule has 0 spiro atoms. The van der Waals surface area contributed by atoms with Crippen LogP contribution < -0.4 is 11.1 Å². The molecule has 1 aliphatic heterocycles. The van der Waals surface area contributed by atoms with E-state index in [9.17, 15) is 4.79 Å². The van der Waals surface area contributed by atoms with E-state index >= 15 is 0 Å². The molecule has 3 N–H and O–H groups in total. The van der Waals surface area contributed by atoms with Crippen LogP contribution in [0.2, 0.25) is 0 Å². The number of benzene rings is 1. The smallest absolute Gasteiger partial charge is 0.242 e. The van der Waals surface area contributed by atoms with Crippen LogP contribution in [-0.2, 0) is 21.5 Å². The molecule has 0 saturated carbocycles. The number of primary amides is 1. The molecular weight excluding hydrogens is 252 g/mol. The molecule has 4 heteroatoms. The van der Waals surface area contributed by atoms with Gasteiger partial charge in [0.1, 0.15) is 5.54 Å². The van der Waals surface area contributed by atoms with Gasteiger partial charge in [-0.3, -0.25) is 10.1 Å². The molecule has 0 aromatic heterocycles. The summed E-state index contributed by atoms with van der Waals surface area (Å²) in [4.78, 5) is 12.2. The van der Waals surface area contributed by atoms with Crippen LogP contribution in [-0.4, -0.2) is 25.2 Å². The molecule has 1 aliphatic carbocycles. The molecule has 1 aromatic carbocycles. The fourth-order valence-corrected chi connectivity index (χ4v) is 3.45. The van der Waals surface area contributed by atoms with E-state index in [1.54, 1.807) is 0 Å². The number of aryl methyl sites for hydroxylation is 1. The molecule has 2 aliphatic rings. The van der Waals surface area contributed by atoms with Gasteiger partial charge in [-0.15, -0.1) is 0 Å². The van der Waals surface area contributed by atoms with E-state index in [0.717, 1.165) is 44.3 Å². The number of amides is 1. The van der Waals surface area contributed by atoms with Crippen LogP contribution in [0.3, 0.4) is 0 Å². The second-order valence-corrected chi connectivity index (χ2v) is 5.80. The summed E-state index contributed by atoms with van der Waals surface area (Å²) in [7, 11) is 0. The average Bonchev–Trinajstić information content (AvgIpc) is 2.98. The van der Waals surface area contributed by atoms with Gasteiger partial charge in [-0.05, 0) is 43.2 Å². The van der Waals surface area contributed by atoms with Crippen molar-refractivity contribution in [1.29, 1.82) is 0 Å². The highest BCUT2D eigenvalue weighted by molar-refractivity contribution is 5.87. The Hall–Kier alpha value is -1.39. The molecule has 2 atom stereocenters. The second-order valence-electron chi connectivity index (χ2n) is 5.80. The van der Waals surface area contributed by atoms with Gasteiger partial charge < -0.3 is 10.5 Å². The molecule has 1 saturated heterocycles. The minimum absolute atomic E-state index is 0.209. The van der Waals surface area contributed by atoms with Gasteiger partial charge >= 0.3 is 0 Å². The van der Waals surface area contributed by atoms with Crippen molar-refractivity contribution in [2.24, 2.45) is 5.73 Å². The summed E-state index contributed by atoms with van der Waals surface area (Å²) in [6.45, 7) is 1.52. The molecule has 1 aromatic rings. The molecule has 108 valence electrons. The average molecular weight is 274 g/mol. The standard InChI is InChI=1S/C16H22N2O2/c17-15(19)16(18-11-13-7-4-10-20-13)9-3-6-12-5-1-2-8-14(12)16/h1-2,5,8,13,18H,3-4,6-7,9-11H2,(H2,17,19). The predicted octanol–water partition coefficient (Wildman–Crippen LogP) is 1.47. The molecular formula is C16H22N2O2. The Morgan fingerprint density at radius 1 is 1.40 bits per heavy atom. The summed E-state index contributed by atoms with van der Waals surface area (Å²) in [5.74, 6) is -0.275. The third-order valence-corrected chi connectivity index (χ3v) is 4.55. The highest BCUT2D eigenvalue weighted by Gasteiger charge is 2.41. The highest BCUT2D eigenvalue weighted by atomic mass is 16.5. The Morgan fingerprint density at radius 3 is 3.00 bits per heavy atom. The first-order valence-corrected chi connectivity index (χ1v) is 7.47. The Morgan fingerprint density at radius 2 is 2.25 bits per heavy atom. The Bertz CT molecular complexity index is 497. The molecule has 2 unspecified atom stereocenters. The number of ether oxygens (including phenoxy) is 1. The third kappa shape index (κ3) is 2.34. The maximum atomic E-state index is 12.2. The van der Waals surface area contributed by atoms with Gasteiger partial charge in [-0.1, -0.05) is 24.3 Å². The van der Waals surface area contributed by atoms with Crippen LogP contribution in [0.15, 0.2) is 24.3 Å². The summed E-state index contributed by atoms with van der Waals surface area (Å²) < 4.78 is 5.64. The van der Waals surface area contributed by atoms with Gasteiger partial charge in [-0.25, -0.2) is 0 Å². The monoisotopic (exact) mass is 274 g/mol. The first-order valence-electron chi connectivity index (χ1n) is 7.47. The van der Waals surface area contributed by atoms with E-state index in [4.69, 9.17) is 10.5 Å². The van der Waals surface area contributed by atoms with Crippen molar-refractivity contribution in [3.05, 3.63) is 35.4 Å². The van der Waals surface area contributed by atoms with Crippen molar-refractivity contribution in [3.63, 3.8) is 0 Å². The van der Waals surface area contributed by atoms with E-state index in [-0.39, 0.29) is 12.0 Å². The van der Waals surface area contributed by atoms with Gasteiger partial charge in [0.2, 0.25) is 5.91 Å². The number of carbonyl (C=O) groups excluding carboxylic acids is 1. The number of rotatable bonds is 4. The zero-order valence-corrected chi connectivity index (χ0v) is 11.7. The van der Waals surface area contributed by atoms with Gasteiger partial charge in [0.05, 0.1) is 6.10 Å². The van der Waals surface area contributed by atoms with Crippen molar-refractivity contribution in [3.8, 4) is 0 Å². The SMILES string of the molecule is NC(=O)C1(NCC2CCCO2)CCCc2ccccc21. The van der Waals surface area contributed by atoms with E-state index < -0.39 is 5.54 Å². The van der Waals surface area contributed by atoms with Crippen LogP contribution in [0.5, 0.6) is 0 Å². The number of hydrogen-bond donors (Lipinski definition) is 2. The van der Waals surface area contributed by atoms with Crippen LogP contribution in [0.4, 0.5) is 0 Å². The fraction of sp³-hybridized carbons (Fsp3) is 0.562. The quantitative estimate of drug-likeness (QED) is 0.874. The molecule has 20 heavy (non-hydrogen) atoms. The summed E-state index contributed by atoms with van der Waals surface area (Å²) in [6.07, 6.45) is 5.15. The number of nitrogens with two attached hydrogens (primary N) is 1. The summed E-state index contributed by atoms with van der Waals surface area (Å²) in [5, 5.41) is 3.43. The summed E-state index contributed by atoms with van der Waals surface area (Å²) in [6, 6.07) is 8.13. The van der Waals surface area contributed by atoms with Crippen molar-refractivity contribution in [2.45, 2.75) is 43.7 Å². The topological polar surface area (TPSA) is 64.4 Å². The number of nitrogens with one attached hydrogen (secondary N) is 1. The van der Waals surface area contributed by atoms with E-state index in [0.29, 0.717) is 6.54 Å². The Balaban J connectivity index is 1.86. The summed E-state index contributed by atoms with van der Waals surface area (Å²) >= 11 is 0. The molecule has 0 radical (unpaired) electrons. The highest BCUT2D eigenvalue weighted by Crippen LogP contribution is 2.35. The normalized spacial score (nSPS) is 29.1. The molecule has 1 fully saturated rings. The van der Waals surface area contributed by atoms with Crippen molar-refractivity contribution < 1.29 is 9.53 Å². The first-order chi connectivity index (χ1) is 9.72. The van der Waals surface area contributed by atoms with E-state index in [2.05, 4.69) is 11.4 Å². The van der Waals surface area contributed by atoms with Gasteiger partial charge in [0.25, 0.3) is 0 Å². The zero-order valence-electron chi connectivity index (χ0n) is 11.7. The maximum Gasteiger partial charge on any atom is 0.242 e. The molecule has 1 amide bonds. The molecule has 3 rings (SSSR count). The van der Waals surface area contributed by atoms with Crippen LogP contribution in [0.1, 0.15) is 36.8 Å². The van der Waals surface area contributed by atoms with Crippen molar-refractivity contribution >= 4 is 5.91 Å². The largest absolute Gasteiger partial charge is 0.377 e.